The summed E-state index contributed by atoms with van der Waals surface area (Å²) in [7, 11) is -4.22. The van der Waals surface area contributed by atoms with Gasteiger partial charge in [0.05, 0.1) is 15.6 Å². The summed E-state index contributed by atoms with van der Waals surface area (Å²) in [6.07, 6.45) is 4.13. The molecular weight excluding hydrogens is 565 g/mol. The fourth-order valence-electron chi connectivity index (χ4n) is 5.08. The van der Waals surface area contributed by atoms with Gasteiger partial charge in [-0.1, -0.05) is 73.3 Å². The summed E-state index contributed by atoms with van der Waals surface area (Å²) in [6.45, 7) is 3.06. The lowest BCUT2D eigenvalue weighted by molar-refractivity contribution is -0.140. The van der Waals surface area contributed by atoms with Crippen LogP contribution < -0.4 is 9.62 Å². The molecule has 1 saturated carbocycles. The fourth-order valence-corrected chi connectivity index (χ4v) is 6.80. The first-order valence-electron chi connectivity index (χ1n) is 13.8. The number of nitrogens with zero attached hydrogens (tertiary/aromatic N) is 2. The van der Waals surface area contributed by atoms with Crippen molar-refractivity contribution >= 4 is 39.1 Å². The van der Waals surface area contributed by atoms with Gasteiger partial charge in [-0.25, -0.2) is 12.8 Å². The van der Waals surface area contributed by atoms with Gasteiger partial charge in [0, 0.05) is 12.6 Å². The molecular formula is C31H35ClFN3O4S. The summed E-state index contributed by atoms with van der Waals surface area (Å²) in [5, 5.41) is 3.23. The Bertz CT molecular complexity index is 1460. The van der Waals surface area contributed by atoms with E-state index in [1.54, 1.807) is 49.4 Å². The molecule has 218 valence electrons. The van der Waals surface area contributed by atoms with Crippen LogP contribution in [-0.2, 0) is 26.2 Å². The first kappa shape index (κ1) is 30.5. The van der Waals surface area contributed by atoms with Crippen molar-refractivity contribution < 1.29 is 22.4 Å². The molecule has 10 heteroatoms. The van der Waals surface area contributed by atoms with Crippen molar-refractivity contribution in [2.24, 2.45) is 0 Å². The Labute approximate surface area is 246 Å². The molecule has 0 heterocycles. The second kappa shape index (κ2) is 13.5. The molecule has 1 aliphatic carbocycles. The fraction of sp³-hybridized carbons (Fsp3) is 0.355. The van der Waals surface area contributed by atoms with E-state index in [0.717, 1.165) is 35.6 Å². The number of halogens is 2. The predicted molar refractivity (Wildman–Crippen MR) is 159 cm³/mol. The standard InChI is InChI=1S/C31H35ClFN3O4S/c1-3-28(31(38)34-25-8-4-5-9-25)35(20-23-14-16-24(33)17-15-23)30(37)21-36(29-11-7-6-10-27(29)32)41(39,40)26-18-12-22(2)13-19-26/h6-7,10-19,25,28H,3-5,8-9,20-21H2,1-2H3,(H,34,38)/t28-/m1/s1. The van der Waals surface area contributed by atoms with E-state index in [0.29, 0.717) is 12.0 Å². The Morgan fingerprint density at radius 3 is 2.24 bits per heavy atom. The van der Waals surface area contributed by atoms with Gasteiger partial charge < -0.3 is 10.2 Å². The molecule has 0 bridgehead atoms. The number of aryl methyl sites for hydroxylation is 1. The third-order valence-corrected chi connectivity index (χ3v) is 9.46. The highest BCUT2D eigenvalue weighted by Crippen LogP contribution is 2.31. The van der Waals surface area contributed by atoms with Gasteiger partial charge in [0.2, 0.25) is 11.8 Å². The van der Waals surface area contributed by atoms with Crippen LogP contribution in [0.25, 0.3) is 0 Å². The van der Waals surface area contributed by atoms with E-state index >= 15 is 0 Å². The maximum absolute atomic E-state index is 14.1. The third kappa shape index (κ3) is 7.45. The summed E-state index contributed by atoms with van der Waals surface area (Å²) < 4.78 is 42.5. The summed E-state index contributed by atoms with van der Waals surface area (Å²) >= 11 is 6.45. The number of para-hydroxylation sites is 1. The van der Waals surface area contributed by atoms with Crippen LogP contribution >= 0.6 is 11.6 Å². The van der Waals surface area contributed by atoms with Crippen molar-refractivity contribution in [2.75, 3.05) is 10.8 Å². The normalized spacial score (nSPS) is 14.4. The minimum atomic E-state index is -4.22. The molecule has 1 N–H and O–H groups in total. The van der Waals surface area contributed by atoms with Crippen LogP contribution in [0.15, 0.2) is 77.7 Å². The zero-order valence-electron chi connectivity index (χ0n) is 23.2. The number of rotatable bonds is 11. The lowest BCUT2D eigenvalue weighted by atomic mass is 10.1. The van der Waals surface area contributed by atoms with Crippen LogP contribution in [0.5, 0.6) is 0 Å². The number of hydrogen-bond acceptors (Lipinski definition) is 4. The van der Waals surface area contributed by atoms with Crippen LogP contribution in [0.2, 0.25) is 5.02 Å². The average Bonchev–Trinajstić information content (AvgIpc) is 3.46. The van der Waals surface area contributed by atoms with Gasteiger partial charge in [0.1, 0.15) is 18.4 Å². The quantitative estimate of drug-likeness (QED) is 0.300. The molecule has 0 spiro atoms. The van der Waals surface area contributed by atoms with Gasteiger partial charge in [-0.3, -0.25) is 13.9 Å². The highest BCUT2D eigenvalue weighted by atomic mass is 35.5. The number of sulfonamides is 1. The second-order valence-corrected chi connectivity index (χ2v) is 12.6. The van der Waals surface area contributed by atoms with Crippen molar-refractivity contribution in [3.63, 3.8) is 0 Å². The maximum atomic E-state index is 14.1. The van der Waals surface area contributed by atoms with Gasteiger partial charge in [0.25, 0.3) is 10.0 Å². The topological polar surface area (TPSA) is 86.8 Å². The lowest BCUT2D eigenvalue weighted by Gasteiger charge is -2.34. The Hall–Kier alpha value is -3.43. The van der Waals surface area contributed by atoms with Crippen molar-refractivity contribution in [3.8, 4) is 0 Å². The molecule has 0 saturated heterocycles. The molecule has 1 fully saturated rings. The number of anilines is 1. The molecule has 2 amide bonds. The Kier molecular flexibility index (Phi) is 10.0. The zero-order chi connectivity index (χ0) is 29.6. The molecule has 3 aromatic carbocycles. The average molecular weight is 600 g/mol. The van der Waals surface area contributed by atoms with E-state index in [2.05, 4.69) is 5.32 Å². The van der Waals surface area contributed by atoms with E-state index in [1.807, 2.05) is 6.92 Å². The predicted octanol–water partition coefficient (Wildman–Crippen LogP) is 5.85. The molecule has 0 radical (unpaired) electrons. The number of benzene rings is 3. The van der Waals surface area contributed by atoms with Crippen LogP contribution in [0, 0.1) is 12.7 Å². The molecule has 1 aliphatic rings. The second-order valence-electron chi connectivity index (χ2n) is 10.3. The van der Waals surface area contributed by atoms with E-state index in [-0.39, 0.29) is 34.1 Å². The van der Waals surface area contributed by atoms with E-state index in [1.165, 1.54) is 35.2 Å². The van der Waals surface area contributed by atoms with Crippen LogP contribution in [0.4, 0.5) is 10.1 Å². The smallest absolute Gasteiger partial charge is 0.264 e. The van der Waals surface area contributed by atoms with Crippen LogP contribution in [0.3, 0.4) is 0 Å². The Morgan fingerprint density at radius 1 is 1.00 bits per heavy atom. The summed E-state index contributed by atoms with van der Waals surface area (Å²) in [6, 6.07) is 17.6. The summed E-state index contributed by atoms with van der Waals surface area (Å²) in [5.74, 6) is -1.30. The number of carbonyl (C=O) groups is 2. The van der Waals surface area contributed by atoms with Gasteiger partial charge in [-0.15, -0.1) is 0 Å². The lowest BCUT2D eigenvalue weighted by Crippen LogP contribution is -2.53. The minimum absolute atomic E-state index is 0.00333. The SMILES string of the molecule is CC[C@H](C(=O)NC1CCCC1)N(Cc1ccc(F)cc1)C(=O)CN(c1ccccc1Cl)S(=O)(=O)c1ccc(C)cc1. The molecule has 0 aromatic heterocycles. The van der Waals surface area contributed by atoms with Crippen LogP contribution in [-0.4, -0.2) is 43.8 Å². The number of amides is 2. The van der Waals surface area contributed by atoms with Crippen molar-refractivity contribution in [1.29, 1.82) is 0 Å². The first-order valence-corrected chi connectivity index (χ1v) is 15.6. The maximum Gasteiger partial charge on any atom is 0.264 e. The molecule has 3 aromatic rings. The van der Waals surface area contributed by atoms with Gasteiger partial charge >= 0.3 is 0 Å². The van der Waals surface area contributed by atoms with Gasteiger partial charge in [-0.05, 0) is 68.1 Å². The molecule has 7 nitrogen and oxygen atoms in total. The number of carbonyl (C=O) groups excluding carboxylic acids is 2. The Balaban J connectivity index is 1.72. The van der Waals surface area contributed by atoms with E-state index < -0.39 is 34.3 Å². The molecule has 1 atom stereocenters. The molecule has 41 heavy (non-hydrogen) atoms. The van der Waals surface area contributed by atoms with E-state index in [4.69, 9.17) is 11.6 Å². The van der Waals surface area contributed by atoms with E-state index in [9.17, 15) is 22.4 Å². The summed E-state index contributed by atoms with van der Waals surface area (Å²) in [4.78, 5) is 29.0. The zero-order valence-corrected chi connectivity index (χ0v) is 24.8. The molecule has 4 rings (SSSR count). The minimum Gasteiger partial charge on any atom is -0.352 e. The van der Waals surface area contributed by atoms with Crippen LogP contribution in [0.1, 0.15) is 50.2 Å². The largest absolute Gasteiger partial charge is 0.352 e. The number of hydrogen-bond donors (Lipinski definition) is 1. The monoisotopic (exact) mass is 599 g/mol. The highest BCUT2D eigenvalue weighted by molar-refractivity contribution is 7.92. The van der Waals surface area contributed by atoms with Gasteiger partial charge in [0.15, 0.2) is 0 Å². The molecule has 0 unspecified atom stereocenters. The first-order chi connectivity index (χ1) is 19.6. The van der Waals surface area contributed by atoms with Crippen molar-refractivity contribution in [1.82, 2.24) is 10.2 Å². The molecule has 0 aliphatic heterocycles. The third-order valence-electron chi connectivity index (χ3n) is 7.36. The van der Waals surface area contributed by atoms with Crippen molar-refractivity contribution in [2.45, 2.75) is 69.5 Å². The van der Waals surface area contributed by atoms with Crippen molar-refractivity contribution in [3.05, 3.63) is 94.8 Å². The number of nitrogens with one attached hydrogen (secondary N) is 1. The summed E-state index contributed by atoms with van der Waals surface area (Å²) in [5.41, 5.74) is 1.64. The Morgan fingerprint density at radius 2 is 1.63 bits per heavy atom. The van der Waals surface area contributed by atoms with Gasteiger partial charge in [-0.2, -0.15) is 0 Å². The highest BCUT2D eigenvalue weighted by Gasteiger charge is 2.35.